The van der Waals surface area contributed by atoms with Crippen molar-refractivity contribution < 1.29 is 19.1 Å². The summed E-state index contributed by atoms with van der Waals surface area (Å²) in [6.07, 6.45) is 2.80. The van der Waals surface area contributed by atoms with Crippen molar-refractivity contribution in [1.82, 2.24) is 9.80 Å². The highest BCUT2D eigenvalue weighted by atomic mass is 16.5. The minimum Gasteiger partial charge on any atom is -0.369 e. The summed E-state index contributed by atoms with van der Waals surface area (Å²) in [5.41, 5.74) is 7.47. The third-order valence-corrected chi connectivity index (χ3v) is 9.15. The number of nitrogens with two attached hydrogens (primary N) is 1. The quantitative estimate of drug-likeness (QED) is 0.622. The van der Waals surface area contributed by atoms with Crippen molar-refractivity contribution in [3.63, 3.8) is 0 Å². The molecule has 0 radical (unpaired) electrons. The van der Waals surface area contributed by atoms with Gasteiger partial charge in [-0.05, 0) is 61.4 Å². The summed E-state index contributed by atoms with van der Waals surface area (Å²) in [6, 6.07) is 5.21. The number of anilines is 1. The number of hydrogen-bond acceptors (Lipinski definition) is 6. The molecule has 1 saturated carbocycles. The third-order valence-electron chi connectivity index (χ3n) is 9.15. The van der Waals surface area contributed by atoms with E-state index in [1.807, 2.05) is 12.1 Å². The molecular formula is C28H40N4O4. The minimum atomic E-state index is -0.593. The van der Waals surface area contributed by atoms with Gasteiger partial charge in [0.2, 0.25) is 11.8 Å². The average Bonchev–Trinajstić information content (AvgIpc) is 3.52. The largest absolute Gasteiger partial charge is 0.369 e. The van der Waals surface area contributed by atoms with Crippen LogP contribution in [-0.4, -0.2) is 85.9 Å². The standard InChI is InChI=1S/C28H40N4O4/c1-5-28(2,3)23(27(35)32-15-21(17-6-7-17)25-24(32)22(33)16-36-25)20-14-18(8-9-19(20)26(29)34)31-12-10-30(4)11-13-31/h8-9,14,17,21,23-25H,5-7,10-13,15-16H2,1-4H3,(H2,29,34)/t21-,23-,24+,25+/m0/s1. The monoisotopic (exact) mass is 496 g/mol. The summed E-state index contributed by atoms with van der Waals surface area (Å²) in [6.45, 7) is 10.5. The second-order valence-electron chi connectivity index (χ2n) is 11.9. The molecule has 3 heterocycles. The summed E-state index contributed by atoms with van der Waals surface area (Å²) in [5, 5.41) is 0. The van der Waals surface area contributed by atoms with Crippen LogP contribution in [0.1, 0.15) is 61.9 Å². The van der Waals surface area contributed by atoms with E-state index in [4.69, 9.17) is 10.5 Å². The van der Waals surface area contributed by atoms with E-state index < -0.39 is 23.3 Å². The average molecular weight is 497 g/mol. The highest BCUT2D eigenvalue weighted by Gasteiger charge is 2.57. The van der Waals surface area contributed by atoms with Gasteiger partial charge in [-0.25, -0.2) is 0 Å². The van der Waals surface area contributed by atoms with E-state index in [1.165, 1.54) is 0 Å². The lowest BCUT2D eigenvalue weighted by molar-refractivity contribution is -0.140. The molecule has 1 aromatic rings. The second-order valence-corrected chi connectivity index (χ2v) is 11.9. The summed E-state index contributed by atoms with van der Waals surface area (Å²) in [7, 11) is 2.11. The molecule has 4 fully saturated rings. The van der Waals surface area contributed by atoms with Crippen LogP contribution in [0.3, 0.4) is 0 Å². The Morgan fingerprint density at radius 3 is 2.47 bits per heavy atom. The molecule has 4 atom stereocenters. The van der Waals surface area contributed by atoms with Crippen molar-refractivity contribution in [2.24, 2.45) is 23.0 Å². The lowest BCUT2D eigenvalue weighted by Gasteiger charge is -2.39. The number of likely N-dealkylation sites (N-methyl/N-ethyl adjacent to an activating group) is 1. The maximum absolute atomic E-state index is 14.5. The first-order chi connectivity index (χ1) is 17.1. The first-order valence-electron chi connectivity index (χ1n) is 13.4. The normalized spacial score (nSPS) is 27.9. The minimum absolute atomic E-state index is 0.00846. The third kappa shape index (κ3) is 4.43. The van der Waals surface area contributed by atoms with Gasteiger partial charge in [0.05, 0.1) is 12.0 Å². The number of rotatable bonds is 7. The van der Waals surface area contributed by atoms with E-state index in [-0.39, 0.29) is 30.3 Å². The van der Waals surface area contributed by atoms with E-state index in [0.717, 1.165) is 51.1 Å². The molecule has 5 rings (SSSR count). The zero-order valence-corrected chi connectivity index (χ0v) is 22.0. The predicted octanol–water partition coefficient (Wildman–Crippen LogP) is 2.26. The number of ether oxygens (including phenoxy) is 1. The van der Waals surface area contributed by atoms with Gasteiger partial charge in [-0.1, -0.05) is 20.8 Å². The number of hydrogen-bond donors (Lipinski definition) is 1. The van der Waals surface area contributed by atoms with E-state index in [0.29, 0.717) is 23.6 Å². The Morgan fingerprint density at radius 1 is 1.17 bits per heavy atom. The smallest absolute Gasteiger partial charge is 0.249 e. The van der Waals surface area contributed by atoms with E-state index in [1.54, 1.807) is 11.0 Å². The molecule has 0 bridgehead atoms. The number of fused-ring (bicyclic) bond motifs is 1. The van der Waals surface area contributed by atoms with Crippen molar-refractivity contribution in [3.8, 4) is 0 Å². The number of carbonyl (C=O) groups excluding carboxylic acids is 3. The Labute approximate surface area is 214 Å². The first kappa shape index (κ1) is 25.2. The molecule has 3 saturated heterocycles. The number of benzene rings is 1. The summed E-state index contributed by atoms with van der Waals surface area (Å²) in [4.78, 5) is 46.4. The Hall–Kier alpha value is -2.45. The van der Waals surface area contributed by atoms with Gasteiger partial charge in [0.1, 0.15) is 12.6 Å². The maximum atomic E-state index is 14.5. The molecule has 0 unspecified atom stereocenters. The second kappa shape index (κ2) is 9.45. The first-order valence-corrected chi connectivity index (χ1v) is 13.4. The molecule has 196 valence electrons. The van der Waals surface area contributed by atoms with Crippen molar-refractivity contribution in [2.75, 3.05) is 51.3 Å². The van der Waals surface area contributed by atoms with Gasteiger partial charge in [0, 0.05) is 49.9 Å². The van der Waals surface area contributed by atoms with Crippen LogP contribution in [-0.2, 0) is 14.3 Å². The molecule has 2 amide bonds. The maximum Gasteiger partial charge on any atom is 0.249 e. The molecule has 1 aromatic carbocycles. The fraction of sp³-hybridized carbons (Fsp3) is 0.679. The molecule has 4 aliphatic rings. The molecular weight excluding hydrogens is 456 g/mol. The number of nitrogens with zero attached hydrogens (tertiary/aromatic N) is 3. The van der Waals surface area contributed by atoms with Crippen LogP contribution in [0.15, 0.2) is 18.2 Å². The number of amides is 2. The number of Topliss-reactive ketones (excluding diaryl/α,β-unsaturated/α-hetero) is 1. The molecule has 0 aromatic heterocycles. The Bertz CT molecular complexity index is 1040. The van der Waals surface area contributed by atoms with Crippen LogP contribution in [0.25, 0.3) is 0 Å². The van der Waals surface area contributed by atoms with Crippen molar-refractivity contribution in [3.05, 3.63) is 29.3 Å². The molecule has 3 aliphatic heterocycles. The van der Waals surface area contributed by atoms with E-state index >= 15 is 0 Å². The van der Waals surface area contributed by atoms with Crippen molar-refractivity contribution in [2.45, 2.75) is 58.1 Å². The van der Waals surface area contributed by atoms with Gasteiger partial charge in [-0.2, -0.15) is 0 Å². The van der Waals surface area contributed by atoms with E-state index in [9.17, 15) is 14.4 Å². The SMILES string of the molecule is CCC(C)(C)[C@H](C(=O)N1C[C@@H](C2CC2)[C@H]2OCC(=O)[C@H]21)c1cc(N2CCN(C)CC2)ccc1C(N)=O. The predicted molar refractivity (Wildman–Crippen MR) is 138 cm³/mol. The van der Waals surface area contributed by atoms with Crippen LogP contribution >= 0.6 is 0 Å². The van der Waals surface area contributed by atoms with Crippen LogP contribution in [0, 0.1) is 17.3 Å². The molecule has 8 nitrogen and oxygen atoms in total. The van der Waals surface area contributed by atoms with Crippen LogP contribution in [0.2, 0.25) is 0 Å². The van der Waals surface area contributed by atoms with Gasteiger partial charge < -0.3 is 25.2 Å². The van der Waals surface area contributed by atoms with Crippen molar-refractivity contribution >= 4 is 23.3 Å². The van der Waals surface area contributed by atoms with Gasteiger partial charge >= 0.3 is 0 Å². The van der Waals surface area contributed by atoms with Gasteiger partial charge in [-0.15, -0.1) is 0 Å². The van der Waals surface area contributed by atoms with Crippen LogP contribution in [0.5, 0.6) is 0 Å². The highest BCUT2D eigenvalue weighted by Crippen LogP contribution is 2.49. The Balaban J connectivity index is 1.55. The molecule has 0 spiro atoms. The van der Waals surface area contributed by atoms with Crippen LogP contribution in [0.4, 0.5) is 5.69 Å². The number of primary amides is 1. The van der Waals surface area contributed by atoms with Gasteiger partial charge in [-0.3, -0.25) is 14.4 Å². The lowest BCUT2D eigenvalue weighted by Crippen LogP contribution is -2.47. The lowest BCUT2D eigenvalue weighted by atomic mass is 9.71. The Kier molecular flexibility index (Phi) is 6.62. The zero-order chi connectivity index (χ0) is 25.8. The molecule has 36 heavy (non-hydrogen) atoms. The number of carbonyl (C=O) groups is 3. The van der Waals surface area contributed by atoms with Crippen LogP contribution < -0.4 is 10.6 Å². The van der Waals surface area contributed by atoms with Gasteiger partial charge in [0.15, 0.2) is 5.78 Å². The van der Waals surface area contributed by atoms with Gasteiger partial charge in [0.25, 0.3) is 0 Å². The summed E-state index contributed by atoms with van der Waals surface area (Å²) >= 11 is 0. The Morgan fingerprint density at radius 2 is 1.86 bits per heavy atom. The fourth-order valence-electron chi connectivity index (χ4n) is 6.39. The van der Waals surface area contributed by atoms with Crippen molar-refractivity contribution in [1.29, 1.82) is 0 Å². The number of piperazine rings is 1. The summed E-state index contributed by atoms with van der Waals surface area (Å²) < 4.78 is 5.92. The topological polar surface area (TPSA) is 96.2 Å². The molecule has 1 aliphatic carbocycles. The fourth-order valence-corrected chi connectivity index (χ4v) is 6.39. The highest BCUT2D eigenvalue weighted by molar-refractivity contribution is 5.99. The number of likely N-dealkylation sites (tertiary alicyclic amines) is 1. The van der Waals surface area contributed by atoms with E-state index in [2.05, 4.69) is 37.6 Å². The zero-order valence-electron chi connectivity index (χ0n) is 22.0. The molecule has 2 N–H and O–H groups in total. The number of ketones is 1. The summed E-state index contributed by atoms with van der Waals surface area (Å²) in [5.74, 6) is -0.481. The molecule has 8 heteroatoms.